The van der Waals surface area contributed by atoms with Crippen molar-refractivity contribution in [2.24, 2.45) is 5.92 Å². The van der Waals surface area contributed by atoms with Crippen molar-refractivity contribution >= 4 is 0 Å². The SMILES string of the molecule is COc1ccc(C[C@H]2CCCN(C[C@H](O)C(F)(F)F)C2)cc1. The van der Waals surface area contributed by atoms with Gasteiger partial charge >= 0.3 is 6.18 Å². The molecule has 1 aliphatic heterocycles. The Kier molecular flexibility index (Phi) is 5.69. The first kappa shape index (κ1) is 17.1. The molecule has 3 nitrogen and oxygen atoms in total. The van der Waals surface area contributed by atoms with Crippen molar-refractivity contribution in [3.8, 4) is 5.75 Å². The largest absolute Gasteiger partial charge is 0.497 e. The van der Waals surface area contributed by atoms with Crippen molar-refractivity contribution in [3.63, 3.8) is 0 Å². The standard InChI is InChI=1S/C16H22F3NO2/c1-22-14-6-4-12(5-7-14)9-13-3-2-8-20(10-13)11-15(21)16(17,18)19/h4-7,13,15,21H,2-3,8-11H2,1H3/t13-,15+/m1/s1. The molecule has 2 rings (SSSR count). The highest BCUT2D eigenvalue weighted by Crippen LogP contribution is 2.25. The number of rotatable bonds is 5. The maximum absolute atomic E-state index is 12.4. The summed E-state index contributed by atoms with van der Waals surface area (Å²) in [6, 6.07) is 7.76. The Labute approximate surface area is 128 Å². The lowest BCUT2D eigenvalue weighted by Crippen LogP contribution is -2.45. The van der Waals surface area contributed by atoms with Crippen LogP contribution in [0.25, 0.3) is 0 Å². The van der Waals surface area contributed by atoms with E-state index in [1.165, 1.54) is 0 Å². The third kappa shape index (κ3) is 4.88. The molecule has 1 fully saturated rings. The minimum absolute atomic E-state index is 0.322. The van der Waals surface area contributed by atoms with Crippen LogP contribution >= 0.6 is 0 Å². The Hall–Kier alpha value is -1.27. The second-order valence-electron chi connectivity index (χ2n) is 5.88. The summed E-state index contributed by atoms with van der Waals surface area (Å²) in [4.78, 5) is 1.72. The molecule has 0 amide bonds. The Bertz CT molecular complexity index is 461. The molecule has 0 saturated carbocycles. The van der Waals surface area contributed by atoms with Gasteiger partial charge in [0.2, 0.25) is 0 Å². The Morgan fingerprint density at radius 2 is 2.00 bits per heavy atom. The number of alkyl halides is 3. The van der Waals surface area contributed by atoms with Gasteiger partial charge in [-0.3, -0.25) is 0 Å². The predicted octanol–water partition coefficient (Wildman–Crippen LogP) is 2.87. The van der Waals surface area contributed by atoms with Crippen LogP contribution in [0.1, 0.15) is 18.4 Å². The fourth-order valence-corrected chi connectivity index (χ4v) is 2.93. The van der Waals surface area contributed by atoms with Crippen molar-refractivity contribution in [3.05, 3.63) is 29.8 Å². The van der Waals surface area contributed by atoms with Crippen molar-refractivity contribution in [2.75, 3.05) is 26.7 Å². The number of halogens is 3. The molecule has 1 N–H and O–H groups in total. The summed E-state index contributed by atoms with van der Waals surface area (Å²) in [5.74, 6) is 1.12. The van der Waals surface area contributed by atoms with Crippen molar-refractivity contribution in [1.29, 1.82) is 0 Å². The first-order valence-corrected chi connectivity index (χ1v) is 7.48. The number of β-amino-alcohol motifs (C(OH)–C–C–N with tert-alkyl or cyclic N) is 1. The van der Waals surface area contributed by atoms with E-state index in [4.69, 9.17) is 4.74 Å². The van der Waals surface area contributed by atoms with E-state index < -0.39 is 12.3 Å². The fraction of sp³-hybridized carbons (Fsp3) is 0.625. The van der Waals surface area contributed by atoms with Crippen LogP contribution in [-0.2, 0) is 6.42 Å². The van der Waals surface area contributed by atoms with Gasteiger partial charge in [0.1, 0.15) is 5.75 Å². The lowest BCUT2D eigenvalue weighted by Gasteiger charge is -2.34. The number of benzene rings is 1. The molecule has 124 valence electrons. The van der Waals surface area contributed by atoms with Crippen LogP contribution in [0, 0.1) is 5.92 Å². The molecule has 0 unspecified atom stereocenters. The summed E-state index contributed by atoms with van der Waals surface area (Å²) in [5.41, 5.74) is 1.16. The number of likely N-dealkylation sites (tertiary alicyclic amines) is 1. The van der Waals surface area contributed by atoms with Gasteiger partial charge in [-0.15, -0.1) is 0 Å². The Morgan fingerprint density at radius 1 is 1.32 bits per heavy atom. The van der Waals surface area contributed by atoms with Crippen molar-refractivity contribution < 1.29 is 23.0 Å². The lowest BCUT2D eigenvalue weighted by molar-refractivity contribution is -0.209. The van der Waals surface area contributed by atoms with Gasteiger partial charge < -0.3 is 14.7 Å². The zero-order valence-corrected chi connectivity index (χ0v) is 12.6. The molecule has 1 aromatic carbocycles. The molecule has 1 heterocycles. The minimum Gasteiger partial charge on any atom is -0.497 e. The second kappa shape index (κ2) is 7.33. The van der Waals surface area contributed by atoms with E-state index in [0.29, 0.717) is 19.0 Å². The number of ether oxygens (including phenoxy) is 1. The minimum atomic E-state index is -4.54. The molecule has 1 saturated heterocycles. The van der Waals surface area contributed by atoms with Gasteiger partial charge in [0.25, 0.3) is 0 Å². The fourth-order valence-electron chi connectivity index (χ4n) is 2.93. The van der Waals surface area contributed by atoms with Crippen LogP contribution in [0.4, 0.5) is 13.2 Å². The molecule has 22 heavy (non-hydrogen) atoms. The van der Waals surface area contributed by atoms with Crippen LogP contribution in [0.3, 0.4) is 0 Å². The van der Waals surface area contributed by atoms with E-state index in [2.05, 4.69) is 0 Å². The van der Waals surface area contributed by atoms with E-state index in [1.54, 1.807) is 12.0 Å². The molecule has 1 aliphatic rings. The van der Waals surface area contributed by atoms with Crippen LogP contribution < -0.4 is 4.74 Å². The molecular weight excluding hydrogens is 295 g/mol. The van der Waals surface area contributed by atoms with Gasteiger partial charge in [-0.1, -0.05) is 12.1 Å². The van der Waals surface area contributed by atoms with Gasteiger partial charge in [-0.25, -0.2) is 0 Å². The monoisotopic (exact) mass is 317 g/mol. The molecule has 2 atom stereocenters. The summed E-state index contributed by atoms with van der Waals surface area (Å²) in [6.45, 7) is 0.883. The van der Waals surface area contributed by atoms with E-state index >= 15 is 0 Å². The Morgan fingerprint density at radius 3 is 2.59 bits per heavy atom. The molecule has 0 aromatic heterocycles. The smallest absolute Gasteiger partial charge is 0.415 e. The van der Waals surface area contributed by atoms with Gasteiger partial charge in [-0.05, 0) is 49.4 Å². The van der Waals surface area contributed by atoms with E-state index in [0.717, 1.165) is 30.6 Å². The molecular formula is C16H22F3NO2. The maximum atomic E-state index is 12.4. The maximum Gasteiger partial charge on any atom is 0.415 e. The third-order valence-corrected chi connectivity index (χ3v) is 4.10. The number of hydrogen-bond acceptors (Lipinski definition) is 3. The number of piperidine rings is 1. The highest BCUT2D eigenvalue weighted by atomic mass is 19.4. The van der Waals surface area contributed by atoms with Gasteiger partial charge in [-0.2, -0.15) is 13.2 Å². The van der Waals surface area contributed by atoms with Crippen LogP contribution in [-0.4, -0.2) is 49.0 Å². The quantitative estimate of drug-likeness (QED) is 0.906. The number of aliphatic hydroxyl groups is 1. The zero-order chi connectivity index (χ0) is 16.2. The molecule has 0 bridgehead atoms. The Balaban J connectivity index is 1.87. The highest BCUT2D eigenvalue weighted by molar-refractivity contribution is 5.27. The van der Waals surface area contributed by atoms with E-state index in [-0.39, 0.29) is 6.54 Å². The topological polar surface area (TPSA) is 32.7 Å². The number of methoxy groups -OCH3 is 1. The number of hydrogen-bond donors (Lipinski definition) is 1. The van der Waals surface area contributed by atoms with E-state index in [9.17, 15) is 18.3 Å². The number of aliphatic hydroxyl groups excluding tert-OH is 1. The highest BCUT2D eigenvalue weighted by Gasteiger charge is 2.39. The normalized spacial score (nSPS) is 21.6. The molecule has 0 spiro atoms. The summed E-state index contributed by atoms with van der Waals surface area (Å²) in [5, 5.41) is 9.19. The summed E-state index contributed by atoms with van der Waals surface area (Å²) in [6.07, 6.45) is -4.09. The number of nitrogens with zero attached hydrogens (tertiary/aromatic N) is 1. The third-order valence-electron chi connectivity index (χ3n) is 4.10. The van der Waals surface area contributed by atoms with Crippen molar-refractivity contribution in [1.82, 2.24) is 4.90 Å². The molecule has 0 radical (unpaired) electrons. The summed E-state index contributed by atoms with van der Waals surface area (Å²) < 4.78 is 42.4. The van der Waals surface area contributed by atoms with Crippen LogP contribution in [0.2, 0.25) is 0 Å². The summed E-state index contributed by atoms with van der Waals surface area (Å²) in [7, 11) is 1.61. The average molecular weight is 317 g/mol. The van der Waals surface area contributed by atoms with Crippen LogP contribution in [0.5, 0.6) is 5.75 Å². The van der Waals surface area contributed by atoms with Gasteiger partial charge in [0, 0.05) is 13.1 Å². The molecule has 1 aromatic rings. The van der Waals surface area contributed by atoms with Crippen LogP contribution in [0.15, 0.2) is 24.3 Å². The first-order valence-electron chi connectivity index (χ1n) is 7.48. The second-order valence-corrected chi connectivity index (χ2v) is 5.88. The molecule has 0 aliphatic carbocycles. The predicted molar refractivity (Wildman–Crippen MR) is 77.9 cm³/mol. The molecule has 6 heteroatoms. The lowest BCUT2D eigenvalue weighted by atomic mass is 9.91. The zero-order valence-electron chi connectivity index (χ0n) is 12.6. The summed E-state index contributed by atoms with van der Waals surface area (Å²) >= 11 is 0. The van der Waals surface area contributed by atoms with Gasteiger partial charge in [0.15, 0.2) is 6.10 Å². The first-order chi connectivity index (χ1) is 10.4. The van der Waals surface area contributed by atoms with E-state index in [1.807, 2.05) is 24.3 Å². The van der Waals surface area contributed by atoms with Gasteiger partial charge in [0.05, 0.1) is 7.11 Å². The van der Waals surface area contributed by atoms with Crippen molar-refractivity contribution in [2.45, 2.75) is 31.5 Å². The average Bonchev–Trinajstić information content (AvgIpc) is 2.47.